The Balaban J connectivity index is 1.43. The molecule has 27 heavy (non-hydrogen) atoms. The first kappa shape index (κ1) is 17.8. The minimum atomic E-state index is -0.971. The van der Waals surface area contributed by atoms with Gasteiger partial charge in [0.05, 0.1) is 17.9 Å². The van der Waals surface area contributed by atoms with Crippen molar-refractivity contribution in [2.75, 3.05) is 31.6 Å². The lowest BCUT2D eigenvalue weighted by Crippen LogP contribution is -2.53. The largest absolute Gasteiger partial charge is 0.477 e. The summed E-state index contributed by atoms with van der Waals surface area (Å²) in [6.07, 6.45) is 2.21. The molecule has 3 heterocycles. The van der Waals surface area contributed by atoms with Gasteiger partial charge in [-0.3, -0.25) is 9.78 Å². The van der Waals surface area contributed by atoms with Crippen molar-refractivity contribution in [1.29, 1.82) is 0 Å². The average molecular weight is 367 g/mol. The number of hydrogen-bond acceptors (Lipinski definition) is 5. The third-order valence-electron chi connectivity index (χ3n) is 5.55. The van der Waals surface area contributed by atoms with Gasteiger partial charge in [-0.1, -0.05) is 18.2 Å². The molecular formula is C21H25N3O3. The zero-order chi connectivity index (χ0) is 19.0. The van der Waals surface area contributed by atoms with E-state index in [9.17, 15) is 9.90 Å². The lowest BCUT2D eigenvalue weighted by molar-refractivity contribution is -0.143. The van der Waals surface area contributed by atoms with Crippen LogP contribution in [0.4, 0.5) is 5.69 Å². The minimum Gasteiger partial charge on any atom is -0.477 e. The highest BCUT2D eigenvalue weighted by atomic mass is 16.5. The van der Waals surface area contributed by atoms with Crippen LogP contribution in [-0.4, -0.2) is 53.7 Å². The van der Waals surface area contributed by atoms with Gasteiger partial charge in [0.15, 0.2) is 6.10 Å². The molecular weight excluding hydrogens is 342 g/mol. The van der Waals surface area contributed by atoms with Gasteiger partial charge in [0.2, 0.25) is 0 Å². The molecule has 0 bridgehead atoms. The number of likely N-dealkylation sites (tertiary alicyclic amines) is 1. The number of carbonyl (C=O) groups excluding carboxylic acids is 1. The summed E-state index contributed by atoms with van der Waals surface area (Å²) >= 11 is 0. The summed E-state index contributed by atoms with van der Waals surface area (Å²) in [4.78, 5) is 21.2. The Morgan fingerprint density at radius 1 is 1.22 bits per heavy atom. The third-order valence-corrected chi connectivity index (χ3v) is 5.55. The third kappa shape index (κ3) is 3.37. The van der Waals surface area contributed by atoms with E-state index in [1.807, 2.05) is 50.4 Å². The molecule has 1 unspecified atom stereocenters. The predicted molar refractivity (Wildman–Crippen MR) is 103 cm³/mol. The van der Waals surface area contributed by atoms with E-state index in [-0.39, 0.29) is 5.91 Å². The molecule has 1 amide bonds. The first-order valence-electron chi connectivity index (χ1n) is 9.37. The first-order valence-corrected chi connectivity index (χ1v) is 9.37. The van der Waals surface area contributed by atoms with E-state index in [4.69, 9.17) is 4.74 Å². The molecule has 2 aliphatic rings. The Hall–Kier alpha value is -2.60. The van der Waals surface area contributed by atoms with Gasteiger partial charge in [0, 0.05) is 26.3 Å². The van der Waals surface area contributed by atoms with E-state index in [2.05, 4.69) is 9.88 Å². The zero-order valence-corrected chi connectivity index (χ0v) is 15.8. The van der Waals surface area contributed by atoms with Crippen molar-refractivity contribution in [3.63, 3.8) is 0 Å². The number of piperidine rings is 1. The zero-order valence-electron chi connectivity index (χ0n) is 15.8. The fourth-order valence-corrected chi connectivity index (χ4v) is 3.84. The number of aliphatic hydroxyl groups is 1. The van der Waals surface area contributed by atoms with Crippen molar-refractivity contribution in [2.24, 2.45) is 0 Å². The van der Waals surface area contributed by atoms with Crippen molar-refractivity contribution < 1.29 is 14.6 Å². The number of nitrogens with zero attached hydrogens (tertiary/aromatic N) is 3. The van der Waals surface area contributed by atoms with Crippen LogP contribution in [0.5, 0.6) is 5.75 Å². The number of pyridine rings is 1. The molecule has 6 nitrogen and oxygen atoms in total. The summed E-state index contributed by atoms with van der Waals surface area (Å²) in [5, 5.41) is 11.0. The lowest BCUT2D eigenvalue weighted by Gasteiger charge is -2.40. The molecule has 0 aliphatic carbocycles. The topological polar surface area (TPSA) is 65.9 Å². The number of anilines is 1. The van der Waals surface area contributed by atoms with Gasteiger partial charge in [0.25, 0.3) is 5.91 Å². The van der Waals surface area contributed by atoms with Crippen LogP contribution in [0.25, 0.3) is 0 Å². The number of aryl methyl sites for hydroxylation is 1. The van der Waals surface area contributed by atoms with Crippen molar-refractivity contribution in [3.8, 4) is 5.75 Å². The SMILES string of the molecule is Cc1ccc(C2(O)CCN(C(=O)C3CN(C)c4ccccc4O3)CC2)nc1. The van der Waals surface area contributed by atoms with Crippen LogP contribution in [0, 0.1) is 6.92 Å². The van der Waals surface area contributed by atoms with Crippen molar-refractivity contribution in [3.05, 3.63) is 53.9 Å². The molecule has 4 rings (SSSR count). The maximum absolute atomic E-state index is 13.0. The van der Waals surface area contributed by atoms with Gasteiger partial charge in [-0.2, -0.15) is 0 Å². The molecule has 1 N–H and O–H groups in total. The highest BCUT2D eigenvalue weighted by Crippen LogP contribution is 2.34. The van der Waals surface area contributed by atoms with Crippen LogP contribution in [-0.2, 0) is 10.4 Å². The summed E-state index contributed by atoms with van der Waals surface area (Å²) in [7, 11) is 1.97. The van der Waals surface area contributed by atoms with Gasteiger partial charge in [0.1, 0.15) is 11.4 Å². The molecule has 142 valence electrons. The first-order chi connectivity index (χ1) is 13.0. The van der Waals surface area contributed by atoms with Crippen LogP contribution in [0.1, 0.15) is 24.1 Å². The molecule has 0 spiro atoms. The summed E-state index contributed by atoms with van der Waals surface area (Å²) in [6, 6.07) is 11.6. The number of aromatic nitrogens is 1. The van der Waals surface area contributed by atoms with Crippen LogP contribution >= 0.6 is 0 Å². The van der Waals surface area contributed by atoms with E-state index in [1.54, 1.807) is 11.1 Å². The highest BCUT2D eigenvalue weighted by Gasteiger charge is 2.39. The number of para-hydroxylation sites is 2. The number of likely N-dealkylation sites (N-methyl/N-ethyl adjacent to an activating group) is 1. The van der Waals surface area contributed by atoms with Gasteiger partial charge >= 0.3 is 0 Å². The Bertz CT molecular complexity index is 829. The Labute approximate surface area is 159 Å². The molecule has 1 aromatic carbocycles. The monoisotopic (exact) mass is 367 g/mol. The number of fused-ring (bicyclic) bond motifs is 1. The van der Waals surface area contributed by atoms with Crippen LogP contribution in [0.2, 0.25) is 0 Å². The average Bonchev–Trinajstić information content (AvgIpc) is 2.68. The molecule has 1 saturated heterocycles. The number of benzene rings is 1. The fourth-order valence-electron chi connectivity index (χ4n) is 3.84. The minimum absolute atomic E-state index is 0.0183. The van der Waals surface area contributed by atoms with Gasteiger partial charge in [-0.05, 0) is 43.5 Å². The molecule has 1 atom stereocenters. The second-order valence-electron chi connectivity index (χ2n) is 7.53. The van der Waals surface area contributed by atoms with Crippen molar-refractivity contribution in [1.82, 2.24) is 9.88 Å². The quantitative estimate of drug-likeness (QED) is 0.881. The number of amides is 1. The van der Waals surface area contributed by atoms with Crippen LogP contribution in [0.3, 0.4) is 0 Å². The fraction of sp³-hybridized carbons (Fsp3) is 0.429. The summed E-state index contributed by atoms with van der Waals surface area (Å²) < 4.78 is 5.96. The predicted octanol–water partition coefficient (Wildman–Crippen LogP) is 2.10. The standard InChI is InChI=1S/C21H25N3O3/c1-15-7-8-19(22-13-15)21(26)9-11-24(12-10-21)20(25)18-14-23(2)16-5-3-4-6-17(16)27-18/h3-8,13,18,26H,9-12,14H2,1-2H3. The van der Waals surface area contributed by atoms with E-state index in [0.29, 0.717) is 38.2 Å². The highest BCUT2D eigenvalue weighted by molar-refractivity contribution is 5.83. The number of carbonyl (C=O) groups is 1. The van der Waals surface area contributed by atoms with Crippen molar-refractivity contribution >= 4 is 11.6 Å². The van der Waals surface area contributed by atoms with Gasteiger partial charge in [-0.15, -0.1) is 0 Å². The normalized spacial score (nSPS) is 21.4. The second-order valence-corrected chi connectivity index (χ2v) is 7.53. The van der Waals surface area contributed by atoms with Crippen LogP contribution < -0.4 is 9.64 Å². The molecule has 2 aromatic rings. The van der Waals surface area contributed by atoms with Crippen molar-refractivity contribution in [2.45, 2.75) is 31.5 Å². The van der Waals surface area contributed by atoms with Gasteiger partial charge in [-0.25, -0.2) is 0 Å². The molecule has 6 heteroatoms. The Morgan fingerprint density at radius 3 is 2.67 bits per heavy atom. The van der Waals surface area contributed by atoms with E-state index < -0.39 is 11.7 Å². The lowest BCUT2D eigenvalue weighted by atomic mass is 9.87. The van der Waals surface area contributed by atoms with E-state index in [0.717, 1.165) is 17.0 Å². The van der Waals surface area contributed by atoms with Gasteiger partial charge < -0.3 is 19.6 Å². The molecule has 0 saturated carbocycles. The summed E-state index contributed by atoms with van der Waals surface area (Å²) in [5.74, 6) is 0.720. The molecule has 1 aromatic heterocycles. The summed E-state index contributed by atoms with van der Waals surface area (Å²) in [5.41, 5.74) is 1.78. The Kier molecular flexibility index (Phi) is 4.52. The number of rotatable bonds is 2. The smallest absolute Gasteiger partial charge is 0.265 e. The van der Waals surface area contributed by atoms with E-state index >= 15 is 0 Å². The maximum atomic E-state index is 13.0. The Morgan fingerprint density at radius 2 is 1.96 bits per heavy atom. The van der Waals surface area contributed by atoms with Crippen LogP contribution in [0.15, 0.2) is 42.6 Å². The number of ether oxygens (including phenoxy) is 1. The van der Waals surface area contributed by atoms with E-state index in [1.165, 1.54) is 0 Å². The number of hydrogen-bond donors (Lipinski definition) is 1. The molecule has 0 radical (unpaired) electrons. The molecule has 1 fully saturated rings. The molecule has 2 aliphatic heterocycles. The summed E-state index contributed by atoms with van der Waals surface area (Å²) in [6.45, 7) is 3.49. The second kappa shape index (κ2) is 6.85. The maximum Gasteiger partial charge on any atom is 0.265 e.